The number of aromatic nitrogens is 6. The van der Waals surface area contributed by atoms with Crippen LogP contribution in [-0.2, 0) is 6.54 Å². The van der Waals surface area contributed by atoms with Crippen molar-refractivity contribution >= 4 is 5.69 Å². The predicted molar refractivity (Wildman–Crippen MR) is 102 cm³/mol. The maximum absolute atomic E-state index is 5.44. The molecular formula is C19H19N7O2. The van der Waals surface area contributed by atoms with Crippen LogP contribution in [0, 0.1) is 6.92 Å². The molecule has 0 aliphatic rings. The molecule has 0 atom stereocenters. The highest BCUT2D eigenvalue weighted by Crippen LogP contribution is 2.21. The first-order valence-electron chi connectivity index (χ1n) is 8.86. The second kappa shape index (κ2) is 7.87. The summed E-state index contributed by atoms with van der Waals surface area (Å²) in [5.74, 6) is 1.87. The van der Waals surface area contributed by atoms with E-state index in [0.29, 0.717) is 24.9 Å². The Morgan fingerprint density at radius 2 is 2.00 bits per heavy atom. The summed E-state index contributed by atoms with van der Waals surface area (Å²) < 4.78 is 12.4. The van der Waals surface area contributed by atoms with Crippen LogP contribution in [0.25, 0.3) is 17.1 Å². The molecule has 9 heteroatoms. The topological polar surface area (TPSA) is 104 Å². The molecule has 0 saturated heterocycles. The number of aryl methyl sites for hydroxylation is 1. The summed E-state index contributed by atoms with van der Waals surface area (Å²) in [6.07, 6.45) is 1.57. The van der Waals surface area contributed by atoms with Crippen LogP contribution >= 0.6 is 0 Å². The average molecular weight is 377 g/mol. The van der Waals surface area contributed by atoms with Crippen LogP contribution in [0.5, 0.6) is 5.75 Å². The van der Waals surface area contributed by atoms with Gasteiger partial charge >= 0.3 is 0 Å². The maximum Gasteiger partial charge on any atom is 0.246 e. The Bertz CT molecular complexity index is 1040. The van der Waals surface area contributed by atoms with Gasteiger partial charge in [0.25, 0.3) is 0 Å². The standard InChI is InChI=1S/C19H19N7O2/c1-3-27-16-7-4-14(5-8-16)19-22-18(28-23-19)11-20-15-6-9-17(13(2)10-15)26-12-21-24-25-26/h4-10,12,20H,3,11H2,1-2H3. The van der Waals surface area contributed by atoms with Gasteiger partial charge in [0.15, 0.2) is 0 Å². The van der Waals surface area contributed by atoms with Gasteiger partial charge in [0.1, 0.15) is 12.1 Å². The molecular weight excluding hydrogens is 358 g/mol. The smallest absolute Gasteiger partial charge is 0.246 e. The molecule has 0 unspecified atom stereocenters. The lowest BCUT2D eigenvalue weighted by Crippen LogP contribution is -2.02. The number of nitrogens with one attached hydrogen (secondary N) is 1. The highest BCUT2D eigenvalue weighted by molar-refractivity contribution is 5.56. The summed E-state index contributed by atoms with van der Waals surface area (Å²) in [6.45, 7) is 5.01. The Morgan fingerprint density at radius 3 is 2.71 bits per heavy atom. The molecule has 0 saturated carbocycles. The third-order valence-corrected chi connectivity index (χ3v) is 4.13. The molecule has 0 aliphatic heterocycles. The van der Waals surface area contributed by atoms with Crippen LogP contribution in [0.3, 0.4) is 0 Å². The molecule has 9 nitrogen and oxygen atoms in total. The van der Waals surface area contributed by atoms with E-state index in [0.717, 1.165) is 28.3 Å². The normalized spacial score (nSPS) is 10.8. The molecule has 2 aromatic carbocycles. The van der Waals surface area contributed by atoms with Crippen molar-refractivity contribution in [3.63, 3.8) is 0 Å². The Balaban J connectivity index is 1.41. The van der Waals surface area contributed by atoms with Gasteiger partial charge in [0.2, 0.25) is 11.7 Å². The van der Waals surface area contributed by atoms with E-state index in [1.54, 1.807) is 11.0 Å². The molecule has 2 aromatic heterocycles. The number of ether oxygens (including phenoxy) is 1. The lowest BCUT2D eigenvalue weighted by atomic mass is 10.2. The number of rotatable bonds is 7. The Morgan fingerprint density at radius 1 is 1.14 bits per heavy atom. The molecule has 28 heavy (non-hydrogen) atoms. The summed E-state index contributed by atoms with van der Waals surface area (Å²) in [5, 5.41) is 18.6. The minimum Gasteiger partial charge on any atom is -0.494 e. The van der Waals surface area contributed by atoms with Crippen molar-refractivity contribution in [2.24, 2.45) is 0 Å². The van der Waals surface area contributed by atoms with Gasteiger partial charge in [-0.15, -0.1) is 5.10 Å². The van der Waals surface area contributed by atoms with Gasteiger partial charge in [-0.2, -0.15) is 4.98 Å². The van der Waals surface area contributed by atoms with Gasteiger partial charge in [-0.05, 0) is 72.3 Å². The molecule has 4 rings (SSSR count). The zero-order valence-electron chi connectivity index (χ0n) is 15.5. The first-order chi connectivity index (χ1) is 13.7. The molecule has 1 N–H and O–H groups in total. The van der Waals surface area contributed by atoms with Crippen LogP contribution in [-0.4, -0.2) is 37.0 Å². The predicted octanol–water partition coefficient (Wildman–Crippen LogP) is 3.03. The fourth-order valence-electron chi connectivity index (χ4n) is 2.78. The van der Waals surface area contributed by atoms with Crippen molar-refractivity contribution in [3.8, 4) is 22.8 Å². The monoisotopic (exact) mass is 377 g/mol. The van der Waals surface area contributed by atoms with Gasteiger partial charge in [-0.25, -0.2) is 4.68 Å². The molecule has 4 aromatic rings. The molecule has 0 spiro atoms. The minimum absolute atomic E-state index is 0.424. The van der Waals surface area contributed by atoms with E-state index >= 15 is 0 Å². The summed E-state index contributed by atoms with van der Waals surface area (Å²) >= 11 is 0. The summed E-state index contributed by atoms with van der Waals surface area (Å²) in [4.78, 5) is 4.44. The average Bonchev–Trinajstić information content (AvgIpc) is 3.40. The van der Waals surface area contributed by atoms with Crippen molar-refractivity contribution in [1.29, 1.82) is 0 Å². The van der Waals surface area contributed by atoms with Crippen molar-refractivity contribution in [1.82, 2.24) is 30.3 Å². The summed E-state index contributed by atoms with van der Waals surface area (Å²) in [5.41, 5.74) is 3.78. The van der Waals surface area contributed by atoms with Crippen molar-refractivity contribution in [3.05, 3.63) is 60.2 Å². The van der Waals surface area contributed by atoms with E-state index in [2.05, 4.69) is 31.0 Å². The SMILES string of the molecule is CCOc1ccc(-c2noc(CNc3ccc(-n4cnnn4)c(C)c3)n2)cc1. The molecule has 2 heterocycles. The summed E-state index contributed by atoms with van der Waals surface area (Å²) in [7, 11) is 0. The molecule has 0 fully saturated rings. The second-order valence-corrected chi connectivity index (χ2v) is 6.08. The molecule has 0 radical (unpaired) electrons. The highest BCUT2D eigenvalue weighted by atomic mass is 16.5. The van der Waals surface area contributed by atoms with Crippen LogP contribution in [0.2, 0.25) is 0 Å². The second-order valence-electron chi connectivity index (χ2n) is 6.08. The van der Waals surface area contributed by atoms with Gasteiger partial charge in [-0.1, -0.05) is 5.16 Å². The van der Waals surface area contributed by atoms with Gasteiger partial charge in [0.05, 0.1) is 18.8 Å². The number of tetrazole rings is 1. The lowest BCUT2D eigenvalue weighted by molar-refractivity contribution is 0.340. The minimum atomic E-state index is 0.424. The van der Waals surface area contributed by atoms with Gasteiger partial charge < -0.3 is 14.6 Å². The number of anilines is 1. The number of nitrogens with zero attached hydrogens (tertiary/aromatic N) is 6. The number of hydrogen-bond donors (Lipinski definition) is 1. The maximum atomic E-state index is 5.44. The van der Waals surface area contributed by atoms with E-state index in [9.17, 15) is 0 Å². The molecule has 0 aliphatic carbocycles. The zero-order valence-corrected chi connectivity index (χ0v) is 15.5. The van der Waals surface area contributed by atoms with E-state index in [4.69, 9.17) is 9.26 Å². The van der Waals surface area contributed by atoms with Gasteiger partial charge in [-0.3, -0.25) is 0 Å². The Labute approximate surface area is 161 Å². The molecule has 0 amide bonds. The van der Waals surface area contributed by atoms with Crippen LogP contribution in [0.4, 0.5) is 5.69 Å². The van der Waals surface area contributed by atoms with Crippen LogP contribution in [0.1, 0.15) is 18.4 Å². The highest BCUT2D eigenvalue weighted by Gasteiger charge is 2.09. The fourth-order valence-corrected chi connectivity index (χ4v) is 2.78. The van der Waals surface area contributed by atoms with Crippen molar-refractivity contribution < 1.29 is 9.26 Å². The Kier molecular flexibility index (Phi) is 4.96. The van der Waals surface area contributed by atoms with E-state index < -0.39 is 0 Å². The third kappa shape index (κ3) is 3.83. The van der Waals surface area contributed by atoms with E-state index in [1.165, 1.54) is 0 Å². The zero-order chi connectivity index (χ0) is 19.3. The van der Waals surface area contributed by atoms with E-state index in [1.807, 2.05) is 56.3 Å². The van der Waals surface area contributed by atoms with Crippen LogP contribution < -0.4 is 10.1 Å². The third-order valence-electron chi connectivity index (χ3n) is 4.13. The lowest BCUT2D eigenvalue weighted by Gasteiger charge is -2.08. The quantitative estimate of drug-likeness (QED) is 0.524. The largest absolute Gasteiger partial charge is 0.494 e. The van der Waals surface area contributed by atoms with E-state index in [-0.39, 0.29) is 0 Å². The number of benzene rings is 2. The molecule has 0 bridgehead atoms. The van der Waals surface area contributed by atoms with Gasteiger partial charge in [0, 0.05) is 11.3 Å². The molecule has 142 valence electrons. The first kappa shape index (κ1) is 17.7. The van der Waals surface area contributed by atoms with Crippen molar-refractivity contribution in [2.75, 3.05) is 11.9 Å². The van der Waals surface area contributed by atoms with Crippen LogP contribution in [0.15, 0.2) is 53.3 Å². The number of hydrogen-bond acceptors (Lipinski definition) is 8. The Hall–Kier alpha value is -3.75. The van der Waals surface area contributed by atoms with Crippen molar-refractivity contribution in [2.45, 2.75) is 20.4 Å². The fraction of sp³-hybridized carbons (Fsp3) is 0.211. The summed E-state index contributed by atoms with van der Waals surface area (Å²) in [6, 6.07) is 13.5. The first-order valence-corrected chi connectivity index (χ1v) is 8.86.